The van der Waals surface area contributed by atoms with Crippen LogP contribution in [0.4, 0.5) is 11.4 Å². The van der Waals surface area contributed by atoms with Crippen molar-refractivity contribution in [3.63, 3.8) is 0 Å². The predicted molar refractivity (Wildman–Crippen MR) is 104 cm³/mol. The summed E-state index contributed by atoms with van der Waals surface area (Å²) in [4.78, 5) is 14.7. The minimum absolute atomic E-state index is 0.164. The quantitative estimate of drug-likeness (QED) is 0.892. The summed E-state index contributed by atoms with van der Waals surface area (Å²) in [5, 5.41) is 2.91. The molecular weight excluding hydrogens is 328 g/mol. The molecule has 0 bridgehead atoms. The monoisotopic (exact) mass is 354 g/mol. The Kier molecular flexibility index (Phi) is 5.78. The zero-order valence-electron chi connectivity index (χ0n) is 15.6. The van der Waals surface area contributed by atoms with Gasteiger partial charge in [0.1, 0.15) is 5.75 Å². The van der Waals surface area contributed by atoms with Gasteiger partial charge in [-0.25, -0.2) is 0 Å². The minimum Gasteiger partial charge on any atom is -0.481 e. The van der Waals surface area contributed by atoms with Crippen LogP contribution in [0.15, 0.2) is 42.5 Å². The molecular formula is C21H26N2O3. The van der Waals surface area contributed by atoms with Crippen molar-refractivity contribution in [3.05, 3.63) is 53.6 Å². The van der Waals surface area contributed by atoms with E-state index in [9.17, 15) is 4.79 Å². The zero-order valence-corrected chi connectivity index (χ0v) is 15.6. The van der Waals surface area contributed by atoms with Gasteiger partial charge in [0, 0.05) is 24.5 Å². The third-order valence-corrected chi connectivity index (χ3v) is 4.39. The topological polar surface area (TPSA) is 50.8 Å². The Balaban J connectivity index is 1.58. The maximum Gasteiger partial charge on any atom is 0.265 e. The number of benzene rings is 2. The molecule has 0 radical (unpaired) electrons. The van der Waals surface area contributed by atoms with Gasteiger partial charge in [-0.05, 0) is 68.3 Å². The summed E-state index contributed by atoms with van der Waals surface area (Å²) in [6, 6.07) is 13.8. The van der Waals surface area contributed by atoms with Crippen molar-refractivity contribution < 1.29 is 14.3 Å². The van der Waals surface area contributed by atoms with E-state index in [1.165, 1.54) is 0 Å². The average molecular weight is 354 g/mol. The molecule has 0 spiro atoms. The Morgan fingerprint density at radius 3 is 2.31 bits per heavy atom. The van der Waals surface area contributed by atoms with E-state index < -0.39 is 6.10 Å². The molecule has 1 N–H and O–H groups in total. The van der Waals surface area contributed by atoms with Gasteiger partial charge in [0.05, 0.1) is 13.2 Å². The van der Waals surface area contributed by atoms with Crippen LogP contribution in [0.2, 0.25) is 0 Å². The smallest absolute Gasteiger partial charge is 0.265 e. The Morgan fingerprint density at radius 1 is 1.08 bits per heavy atom. The second-order valence-electron chi connectivity index (χ2n) is 6.72. The van der Waals surface area contributed by atoms with E-state index in [0.29, 0.717) is 5.75 Å². The highest BCUT2D eigenvalue weighted by Gasteiger charge is 2.16. The number of nitrogens with zero attached hydrogens (tertiary/aromatic N) is 1. The number of morpholine rings is 1. The summed E-state index contributed by atoms with van der Waals surface area (Å²) in [6.45, 7) is 9.09. The second kappa shape index (κ2) is 8.23. The van der Waals surface area contributed by atoms with Crippen molar-refractivity contribution >= 4 is 17.3 Å². The van der Waals surface area contributed by atoms with Gasteiger partial charge in [0.15, 0.2) is 6.10 Å². The van der Waals surface area contributed by atoms with Crippen LogP contribution in [0.5, 0.6) is 5.75 Å². The van der Waals surface area contributed by atoms with Crippen LogP contribution < -0.4 is 15.0 Å². The molecule has 1 atom stereocenters. The summed E-state index contributed by atoms with van der Waals surface area (Å²) in [5.74, 6) is 0.552. The number of rotatable bonds is 5. The summed E-state index contributed by atoms with van der Waals surface area (Å²) >= 11 is 0. The van der Waals surface area contributed by atoms with E-state index in [1.54, 1.807) is 6.92 Å². The third-order valence-electron chi connectivity index (χ3n) is 4.39. The first kappa shape index (κ1) is 18.3. The standard InChI is InChI=1S/C21H26N2O3/c1-15-12-16(2)14-20(13-15)26-17(3)21(24)22-18-4-6-19(7-5-18)23-8-10-25-11-9-23/h4-7,12-14,17H,8-11H2,1-3H3,(H,22,24). The number of amides is 1. The first-order chi connectivity index (χ1) is 12.5. The maximum atomic E-state index is 12.4. The van der Waals surface area contributed by atoms with Crippen LogP contribution in [0.25, 0.3) is 0 Å². The van der Waals surface area contributed by atoms with Crippen LogP contribution in [0, 0.1) is 13.8 Å². The third kappa shape index (κ3) is 4.76. The highest BCUT2D eigenvalue weighted by atomic mass is 16.5. The number of carbonyl (C=O) groups is 1. The van der Waals surface area contributed by atoms with Crippen LogP contribution in [-0.4, -0.2) is 38.3 Å². The molecule has 1 aliphatic heterocycles. The largest absolute Gasteiger partial charge is 0.481 e. The molecule has 3 rings (SSSR count). The number of anilines is 2. The number of hydrogen-bond acceptors (Lipinski definition) is 4. The highest BCUT2D eigenvalue weighted by Crippen LogP contribution is 2.20. The first-order valence-corrected chi connectivity index (χ1v) is 9.00. The Hall–Kier alpha value is -2.53. The van der Waals surface area contributed by atoms with Crippen LogP contribution in [0.1, 0.15) is 18.1 Å². The van der Waals surface area contributed by atoms with Gasteiger partial charge < -0.3 is 19.7 Å². The zero-order chi connectivity index (χ0) is 18.5. The lowest BCUT2D eigenvalue weighted by atomic mass is 10.1. The van der Waals surface area contributed by atoms with E-state index in [2.05, 4.69) is 16.3 Å². The van der Waals surface area contributed by atoms with Crippen LogP contribution in [0.3, 0.4) is 0 Å². The molecule has 1 heterocycles. The molecule has 1 aliphatic rings. The van der Waals surface area contributed by atoms with E-state index in [0.717, 1.165) is 48.8 Å². The lowest BCUT2D eigenvalue weighted by Gasteiger charge is -2.29. The van der Waals surface area contributed by atoms with Crippen molar-refractivity contribution in [2.75, 3.05) is 36.5 Å². The molecule has 1 unspecified atom stereocenters. The molecule has 5 nitrogen and oxygen atoms in total. The molecule has 2 aromatic rings. The van der Waals surface area contributed by atoms with Gasteiger partial charge in [-0.1, -0.05) is 6.07 Å². The van der Waals surface area contributed by atoms with Gasteiger partial charge in [-0.2, -0.15) is 0 Å². The second-order valence-corrected chi connectivity index (χ2v) is 6.72. The van der Waals surface area contributed by atoms with Crippen molar-refractivity contribution in [2.24, 2.45) is 0 Å². The number of hydrogen-bond donors (Lipinski definition) is 1. The van der Waals surface area contributed by atoms with Gasteiger partial charge in [0.2, 0.25) is 0 Å². The Morgan fingerprint density at radius 2 is 1.69 bits per heavy atom. The van der Waals surface area contributed by atoms with Gasteiger partial charge in [-0.3, -0.25) is 4.79 Å². The van der Waals surface area contributed by atoms with Gasteiger partial charge in [0.25, 0.3) is 5.91 Å². The van der Waals surface area contributed by atoms with Crippen LogP contribution in [-0.2, 0) is 9.53 Å². The maximum absolute atomic E-state index is 12.4. The number of aryl methyl sites for hydroxylation is 2. The summed E-state index contributed by atoms with van der Waals surface area (Å²) in [7, 11) is 0. The van der Waals surface area contributed by atoms with Crippen molar-refractivity contribution in [2.45, 2.75) is 26.9 Å². The number of nitrogens with one attached hydrogen (secondary N) is 1. The predicted octanol–water partition coefficient (Wildman–Crippen LogP) is 3.55. The molecule has 2 aromatic carbocycles. The van der Waals surface area contributed by atoms with E-state index in [4.69, 9.17) is 9.47 Å². The Bertz CT molecular complexity index is 732. The van der Waals surface area contributed by atoms with Crippen LogP contribution >= 0.6 is 0 Å². The SMILES string of the molecule is Cc1cc(C)cc(OC(C)C(=O)Nc2ccc(N3CCOCC3)cc2)c1. The molecule has 1 amide bonds. The summed E-state index contributed by atoms with van der Waals surface area (Å²) in [6.07, 6.45) is -0.574. The number of ether oxygens (including phenoxy) is 2. The number of carbonyl (C=O) groups excluding carboxylic acids is 1. The van der Waals surface area contributed by atoms with E-state index in [1.807, 2.05) is 50.2 Å². The van der Waals surface area contributed by atoms with Crippen molar-refractivity contribution in [3.8, 4) is 5.75 Å². The van der Waals surface area contributed by atoms with Crippen molar-refractivity contribution in [1.82, 2.24) is 0 Å². The van der Waals surface area contributed by atoms with Gasteiger partial charge in [-0.15, -0.1) is 0 Å². The summed E-state index contributed by atoms with van der Waals surface area (Å²) < 4.78 is 11.2. The first-order valence-electron chi connectivity index (χ1n) is 9.00. The molecule has 0 saturated carbocycles. The fraction of sp³-hybridized carbons (Fsp3) is 0.381. The molecule has 5 heteroatoms. The summed E-state index contributed by atoms with van der Waals surface area (Å²) in [5.41, 5.74) is 4.14. The van der Waals surface area contributed by atoms with Crippen molar-refractivity contribution in [1.29, 1.82) is 0 Å². The Labute approximate surface area is 154 Å². The van der Waals surface area contributed by atoms with E-state index in [-0.39, 0.29) is 5.91 Å². The highest BCUT2D eigenvalue weighted by molar-refractivity contribution is 5.94. The lowest BCUT2D eigenvalue weighted by Crippen LogP contribution is -2.36. The molecule has 0 aliphatic carbocycles. The molecule has 26 heavy (non-hydrogen) atoms. The molecule has 1 saturated heterocycles. The lowest BCUT2D eigenvalue weighted by molar-refractivity contribution is -0.122. The molecule has 1 fully saturated rings. The normalized spacial score (nSPS) is 15.4. The average Bonchev–Trinajstić information content (AvgIpc) is 2.62. The molecule has 0 aromatic heterocycles. The fourth-order valence-corrected chi connectivity index (χ4v) is 3.08. The fourth-order valence-electron chi connectivity index (χ4n) is 3.08. The minimum atomic E-state index is -0.574. The van der Waals surface area contributed by atoms with Gasteiger partial charge >= 0.3 is 0 Å². The molecule has 138 valence electrons. The van der Waals surface area contributed by atoms with E-state index >= 15 is 0 Å².